The lowest BCUT2D eigenvalue weighted by atomic mass is 10.1. The molecule has 0 aliphatic carbocycles. The van der Waals surface area contributed by atoms with Gasteiger partial charge in [0.15, 0.2) is 0 Å². The largest absolute Gasteiger partial charge is 0.466 e. The molecule has 16 heavy (non-hydrogen) atoms. The Balaban J connectivity index is 2.60. The van der Waals surface area contributed by atoms with Crippen LogP contribution in [0.1, 0.15) is 18.5 Å². The van der Waals surface area contributed by atoms with Gasteiger partial charge in [-0.3, -0.25) is 0 Å². The number of nitrogens with one attached hydrogen (secondary N) is 1. The molecule has 0 saturated carbocycles. The van der Waals surface area contributed by atoms with Gasteiger partial charge in [-0.15, -0.1) is 0 Å². The van der Waals surface area contributed by atoms with Crippen molar-refractivity contribution in [2.75, 3.05) is 7.11 Å². The van der Waals surface area contributed by atoms with E-state index in [9.17, 15) is 4.79 Å². The molecule has 0 aliphatic heterocycles. The Kier molecular flexibility index (Phi) is 4.86. The van der Waals surface area contributed by atoms with E-state index < -0.39 is 0 Å². The number of ether oxygens (including phenoxy) is 1. The summed E-state index contributed by atoms with van der Waals surface area (Å²) in [5, 5.41) is 3.74. The zero-order valence-electron chi connectivity index (χ0n) is 9.24. The van der Waals surface area contributed by atoms with Crippen LogP contribution in [0.4, 0.5) is 0 Å². The molecule has 4 heteroatoms. The molecular weight excluding hydrogens is 226 g/mol. The fourth-order valence-electron chi connectivity index (χ4n) is 1.24. The molecule has 1 aromatic rings. The summed E-state index contributed by atoms with van der Waals surface area (Å²) in [4.78, 5) is 10.8. The summed E-state index contributed by atoms with van der Waals surface area (Å²) in [5.41, 5.74) is 0.985. The number of esters is 1. The molecule has 0 saturated heterocycles. The fourth-order valence-corrected chi connectivity index (χ4v) is 1.54. The molecule has 1 N–H and O–H groups in total. The van der Waals surface area contributed by atoms with Crippen LogP contribution in [0.15, 0.2) is 36.5 Å². The van der Waals surface area contributed by atoms with Crippen molar-refractivity contribution in [1.29, 1.82) is 0 Å². The first-order valence-corrected chi connectivity index (χ1v) is 5.28. The van der Waals surface area contributed by atoms with Gasteiger partial charge >= 0.3 is 5.97 Å². The minimum atomic E-state index is -0.390. The molecule has 1 aromatic carbocycles. The Bertz CT molecular complexity index is 390. The van der Waals surface area contributed by atoms with Gasteiger partial charge in [-0.25, -0.2) is 4.79 Å². The number of carbonyl (C=O) groups is 1. The molecule has 0 fully saturated rings. The molecule has 0 amide bonds. The highest BCUT2D eigenvalue weighted by atomic mass is 35.5. The van der Waals surface area contributed by atoms with Gasteiger partial charge in [-0.1, -0.05) is 29.8 Å². The van der Waals surface area contributed by atoms with Crippen LogP contribution in [0.3, 0.4) is 0 Å². The first-order chi connectivity index (χ1) is 7.65. The molecule has 0 aromatic heterocycles. The maximum Gasteiger partial charge on any atom is 0.331 e. The molecule has 0 bridgehead atoms. The van der Waals surface area contributed by atoms with Gasteiger partial charge in [0.2, 0.25) is 0 Å². The summed E-state index contributed by atoms with van der Waals surface area (Å²) in [6.07, 6.45) is 2.88. The van der Waals surface area contributed by atoms with Crippen molar-refractivity contribution in [1.82, 2.24) is 5.32 Å². The minimum absolute atomic E-state index is 0.0367. The predicted molar refractivity (Wildman–Crippen MR) is 64.2 cm³/mol. The van der Waals surface area contributed by atoms with Crippen LogP contribution in [0, 0.1) is 0 Å². The van der Waals surface area contributed by atoms with Crippen LogP contribution in [-0.4, -0.2) is 13.1 Å². The van der Waals surface area contributed by atoms with E-state index in [1.165, 1.54) is 13.2 Å². The molecule has 0 heterocycles. The number of hydrogen-bond donors (Lipinski definition) is 1. The number of methoxy groups -OCH3 is 1. The third-order valence-electron chi connectivity index (χ3n) is 2.14. The molecule has 1 atom stereocenters. The zero-order chi connectivity index (χ0) is 12.0. The Hall–Kier alpha value is -1.48. The summed E-state index contributed by atoms with van der Waals surface area (Å²) >= 11 is 6.03. The van der Waals surface area contributed by atoms with Crippen LogP contribution in [0.5, 0.6) is 0 Å². The SMILES string of the molecule is COC(=O)/C=C/NC(C)c1ccccc1Cl. The van der Waals surface area contributed by atoms with Crippen molar-refractivity contribution in [2.24, 2.45) is 0 Å². The average Bonchev–Trinajstić information content (AvgIpc) is 2.29. The first kappa shape index (κ1) is 12.6. The maximum atomic E-state index is 10.8. The van der Waals surface area contributed by atoms with Gasteiger partial charge in [-0.2, -0.15) is 0 Å². The second kappa shape index (κ2) is 6.18. The van der Waals surface area contributed by atoms with Crippen LogP contribution in [0.2, 0.25) is 5.02 Å². The van der Waals surface area contributed by atoms with Crippen molar-refractivity contribution in [3.05, 3.63) is 47.1 Å². The molecule has 0 aliphatic rings. The van der Waals surface area contributed by atoms with Crippen LogP contribution in [0.25, 0.3) is 0 Å². The summed E-state index contributed by atoms with van der Waals surface area (Å²) in [5.74, 6) is -0.390. The van der Waals surface area contributed by atoms with Crippen LogP contribution < -0.4 is 5.32 Å². The third kappa shape index (κ3) is 3.59. The molecule has 0 spiro atoms. The van der Waals surface area contributed by atoms with Gasteiger partial charge in [0.25, 0.3) is 0 Å². The molecule has 0 radical (unpaired) electrons. The van der Waals surface area contributed by atoms with E-state index in [0.29, 0.717) is 5.02 Å². The summed E-state index contributed by atoms with van der Waals surface area (Å²) in [7, 11) is 1.34. The highest BCUT2D eigenvalue weighted by Gasteiger charge is 2.06. The van der Waals surface area contributed by atoms with Crippen LogP contribution in [-0.2, 0) is 9.53 Å². The number of halogens is 1. The quantitative estimate of drug-likeness (QED) is 0.649. The molecular formula is C12H14ClNO2. The monoisotopic (exact) mass is 239 g/mol. The first-order valence-electron chi connectivity index (χ1n) is 4.90. The summed E-state index contributed by atoms with van der Waals surface area (Å²) < 4.78 is 4.47. The predicted octanol–water partition coefficient (Wildman–Crippen LogP) is 2.68. The Labute approximate surface area is 100 Å². The second-order valence-electron chi connectivity index (χ2n) is 3.27. The Morgan fingerprint density at radius 2 is 2.19 bits per heavy atom. The van der Waals surface area contributed by atoms with Gasteiger partial charge in [0, 0.05) is 23.3 Å². The minimum Gasteiger partial charge on any atom is -0.466 e. The van der Waals surface area contributed by atoms with Crippen molar-refractivity contribution in [3.8, 4) is 0 Å². The molecule has 1 unspecified atom stereocenters. The fraction of sp³-hybridized carbons (Fsp3) is 0.250. The number of benzene rings is 1. The Morgan fingerprint density at radius 1 is 1.50 bits per heavy atom. The van der Waals surface area contributed by atoms with E-state index >= 15 is 0 Å². The maximum absolute atomic E-state index is 10.8. The third-order valence-corrected chi connectivity index (χ3v) is 2.48. The van der Waals surface area contributed by atoms with E-state index in [1.807, 2.05) is 31.2 Å². The van der Waals surface area contributed by atoms with Crippen molar-refractivity contribution in [3.63, 3.8) is 0 Å². The molecule has 86 valence electrons. The van der Waals surface area contributed by atoms with Crippen LogP contribution >= 0.6 is 11.6 Å². The number of carbonyl (C=O) groups excluding carboxylic acids is 1. The van der Waals surface area contributed by atoms with Crippen molar-refractivity contribution >= 4 is 17.6 Å². The lowest BCUT2D eigenvalue weighted by Crippen LogP contribution is -2.12. The number of rotatable bonds is 4. The van der Waals surface area contributed by atoms with E-state index in [4.69, 9.17) is 11.6 Å². The topological polar surface area (TPSA) is 38.3 Å². The Morgan fingerprint density at radius 3 is 2.81 bits per heavy atom. The summed E-state index contributed by atoms with van der Waals surface area (Å²) in [6, 6.07) is 7.60. The second-order valence-corrected chi connectivity index (χ2v) is 3.67. The number of hydrogen-bond acceptors (Lipinski definition) is 3. The smallest absolute Gasteiger partial charge is 0.331 e. The zero-order valence-corrected chi connectivity index (χ0v) is 9.99. The lowest BCUT2D eigenvalue weighted by molar-refractivity contribution is -0.134. The van der Waals surface area contributed by atoms with Crippen molar-refractivity contribution in [2.45, 2.75) is 13.0 Å². The molecule has 1 rings (SSSR count). The highest BCUT2D eigenvalue weighted by molar-refractivity contribution is 6.31. The van der Waals surface area contributed by atoms with Crippen molar-refractivity contribution < 1.29 is 9.53 Å². The highest BCUT2D eigenvalue weighted by Crippen LogP contribution is 2.21. The van der Waals surface area contributed by atoms with E-state index in [-0.39, 0.29) is 12.0 Å². The lowest BCUT2D eigenvalue weighted by Gasteiger charge is -2.13. The van der Waals surface area contributed by atoms with E-state index in [0.717, 1.165) is 5.56 Å². The van der Waals surface area contributed by atoms with Gasteiger partial charge in [0.05, 0.1) is 7.11 Å². The van der Waals surface area contributed by atoms with E-state index in [2.05, 4.69) is 10.1 Å². The average molecular weight is 240 g/mol. The van der Waals surface area contributed by atoms with Gasteiger partial charge in [-0.05, 0) is 18.6 Å². The standard InChI is InChI=1S/C12H14ClNO2/c1-9(14-8-7-12(15)16-2)10-5-3-4-6-11(10)13/h3-9,14H,1-2H3/b8-7+. The van der Waals surface area contributed by atoms with Gasteiger partial charge < -0.3 is 10.1 Å². The normalized spacial score (nSPS) is 12.4. The molecule has 3 nitrogen and oxygen atoms in total. The summed E-state index contributed by atoms with van der Waals surface area (Å²) in [6.45, 7) is 1.96. The van der Waals surface area contributed by atoms with E-state index in [1.54, 1.807) is 6.20 Å². The van der Waals surface area contributed by atoms with Gasteiger partial charge in [0.1, 0.15) is 0 Å².